The van der Waals surface area contributed by atoms with Crippen LogP contribution in [0, 0.1) is 5.92 Å². The van der Waals surface area contributed by atoms with E-state index in [9.17, 15) is 4.79 Å². The van der Waals surface area contributed by atoms with Crippen molar-refractivity contribution in [2.45, 2.75) is 26.7 Å². The maximum absolute atomic E-state index is 11.2. The molecule has 1 heterocycles. The fourth-order valence-electron chi connectivity index (χ4n) is 1.93. The standard InChI is InChI=1S/C12H15NO/c1-8(2)6-9-4-3-5-10-7-11(14)13-12(9)10/h3-5,8H,6-7H2,1-2H3,(H,13,14). The van der Waals surface area contributed by atoms with Gasteiger partial charge in [0.05, 0.1) is 6.42 Å². The van der Waals surface area contributed by atoms with Gasteiger partial charge in [-0.25, -0.2) is 0 Å². The number of carbonyl (C=O) groups is 1. The zero-order chi connectivity index (χ0) is 10.1. The van der Waals surface area contributed by atoms with E-state index in [1.54, 1.807) is 0 Å². The minimum atomic E-state index is 0.121. The molecule has 2 rings (SSSR count). The third-order valence-electron chi connectivity index (χ3n) is 2.48. The summed E-state index contributed by atoms with van der Waals surface area (Å²) in [5, 5.41) is 2.93. The van der Waals surface area contributed by atoms with Crippen LogP contribution in [0.5, 0.6) is 0 Å². The monoisotopic (exact) mass is 189 g/mol. The van der Waals surface area contributed by atoms with Gasteiger partial charge in [0.15, 0.2) is 0 Å². The average molecular weight is 189 g/mol. The molecule has 1 aliphatic rings. The molecule has 0 aliphatic carbocycles. The third kappa shape index (κ3) is 1.65. The highest BCUT2D eigenvalue weighted by Crippen LogP contribution is 2.28. The van der Waals surface area contributed by atoms with E-state index in [1.165, 1.54) is 5.56 Å². The summed E-state index contributed by atoms with van der Waals surface area (Å²) in [6.07, 6.45) is 1.57. The first-order valence-electron chi connectivity index (χ1n) is 5.07. The summed E-state index contributed by atoms with van der Waals surface area (Å²) in [7, 11) is 0. The number of nitrogens with one attached hydrogen (secondary N) is 1. The van der Waals surface area contributed by atoms with E-state index < -0.39 is 0 Å². The minimum absolute atomic E-state index is 0.121. The lowest BCUT2D eigenvalue weighted by Gasteiger charge is -2.09. The Morgan fingerprint density at radius 2 is 2.21 bits per heavy atom. The van der Waals surface area contributed by atoms with Gasteiger partial charge >= 0.3 is 0 Å². The number of amides is 1. The van der Waals surface area contributed by atoms with Crippen LogP contribution in [0.4, 0.5) is 5.69 Å². The Balaban J connectivity index is 2.34. The molecule has 14 heavy (non-hydrogen) atoms. The second kappa shape index (κ2) is 3.45. The molecule has 74 valence electrons. The average Bonchev–Trinajstić information content (AvgIpc) is 2.45. The summed E-state index contributed by atoms with van der Waals surface area (Å²) < 4.78 is 0. The third-order valence-corrected chi connectivity index (χ3v) is 2.48. The van der Waals surface area contributed by atoms with Crippen LogP contribution in [0.2, 0.25) is 0 Å². The van der Waals surface area contributed by atoms with Crippen molar-refractivity contribution in [3.63, 3.8) is 0 Å². The van der Waals surface area contributed by atoms with Gasteiger partial charge in [0.1, 0.15) is 0 Å². The van der Waals surface area contributed by atoms with Crippen molar-refractivity contribution in [3.8, 4) is 0 Å². The highest BCUT2D eigenvalue weighted by atomic mass is 16.1. The predicted octanol–water partition coefficient (Wildman–Crippen LogP) is 2.38. The summed E-state index contributed by atoms with van der Waals surface area (Å²) in [5.74, 6) is 0.746. The molecule has 0 saturated carbocycles. The number of hydrogen-bond acceptors (Lipinski definition) is 1. The number of carbonyl (C=O) groups excluding carboxylic acids is 1. The van der Waals surface area contributed by atoms with Crippen molar-refractivity contribution in [2.24, 2.45) is 5.92 Å². The van der Waals surface area contributed by atoms with Crippen LogP contribution in [-0.4, -0.2) is 5.91 Å². The van der Waals surface area contributed by atoms with Gasteiger partial charge in [0.2, 0.25) is 5.91 Å². The van der Waals surface area contributed by atoms with E-state index in [4.69, 9.17) is 0 Å². The molecular weight excluding hydrogens is 174 g/mol. The first kappa shape index (κ1) is 9.25. The lowest BCUT2D eigenvalue weighted by atomic mass is 9.99. The molecule has 0 radical (unpaired) electrons. The van der Waals surface area contributed by atoms with E-state index in [2.05, 4.69) is 25.2 Å². The molecule has 1 N–H and O–H groups in total. The number of anilines is 1. The first-order valence-corrected chi connectivity index (χ1v) is 5.07. The van der Waals surface area contributed by atoms with Crippen LogP contribution in [0.1, 0.15) is 25.0 Å². The molecule has 1 aromatic rings. The lowest BCUT2D eigenvalue weighted by molar-refractivity contribution is -0.115. The van der Waals surface area contributed by atoms with Gasteiger partial charge < -0.3 is 5.32 Å². The maximum atomic E-state index is 11.2. The maximum Gasteiger partial charge on any atom is 0.228 e. The summed E-state index contributed by atoms with van der Waals surface area (Å²) in [6, 6.07) is 6.16. The largest absolute Gasteiger partial charge is 0.325 e. The van der Waals surface area contributed by atoms with Gasteiger partial charge in [0, 0.05) is 5.69 Å². The molecule has 0 aromatic heterocycles. The molecule has 0 unspecified atom stereocenters. The Kier molecular flexibility index (Phi) is 2.28. The summed E-state index contributed by atoms with van der Waals surface area (Å²) in [6.45, 7) is 4.38. The Bertz CT molecular complexity index is 369. The van der Waals surface area contributed by atoms with Crippen LogP contribution in [0.3, 0.4) is 0 Å². The Morgan fingerprint density at radius 1 is 1.43 bits per heavy atom. The molecule has 2 heteroatoms. The normalized spacial score (nSPS) is 14.4. The minimum Gasteiger partial charge on any atom is -0.325 e. The molecule has 0 fully saturated rings. The SMILES string of the molecule is CC(C)Cc1cccc2c1NC(=O)C2. The van der Waals surface area contributed by atoms with E-state index in [0.29, 0.717) is 12.3 Å². The predicted molar refractivity (Wildman–Crippen MR) is 57.3 cm³/mol. The van der Waals surface area contributed by atoms with Gasteiger partial charge in [-0.3, -0.25) is 4.79 Å². The number of para-hydroxylation sites is 1. The van der Waals surface area contributed by atoms with E-state index >= 15 is 0 Å². The van der Waals surface area contributed by atoms with E-state index in [-0.39, 0.29) is 5.91 Å². The molecule has 1 amide bonds. The highest BCUT2D eigenvalue weighted by Gasteiger charge is 2.19. The van der Waals surface area contributed by atoms with Crippen LogP contribution in [0.25, 0.3) is 0 Å². The van der Waals surface area contributed by atoms with Crippen molar-refractivity contribution >= 4 is 11.6 Å². The number of rotatable bonds is 2. The number of fused-ring (bicyclic) bond motifs is 1. The van der Waals surface area contributed by atoms with Crippen molar-refractivity contribution in [1.82, 2.24) is 0 Å². The van der Waals surface area contributed by atoms with Crippen molar-refractivity contribution in [1.29, 1.82) is 0 Å². The zero-order valence-electron chi connectivity index (χ0n) is 8.63. The molecule has 0 atom stereocenters. The van der Waals surface area contributed by atoms with Crippen LogP contribution in [-0.2, 0) is 17.6 Å². The molecular formula is C12H15NO. The smallest absolute Gasteiger partial charge is 0.228 e. The quantitative estimate of drug-likeness (QED) is 0.760. The van der Waals surface area contributed by atoms with E-state index in [1.807, 2.05) is 12.1 Å². The van der Waals surface area contributed by atoms with Gasteiger partial charge in [-0.15, -0.1) is 0 Å². The molecule has 2 nitrogen and oxygen atoms in total. The lowest BCUT2D eigenvalue weighted by Crippen LogP contribution is -2.05. The Labute approximate surface area is 84.3 Å². The molecule has 0 saturated heterocycles. The van der Waals surface area contributed by atoms with Crippen LogP contribution >= 0.6 is 0 Å². The van der Waals surface area contributed by atoms with Crippen molar-refractivity contribution in [2.75, 3.05) is 5.32 Å². The number of hydrogen-bond donors (Lipinski definition) is 1. The molecule has 0 spiro atoms. The fraction of sp³-hybridized carbons (Fsp3) is 0.417. The molecule has 1 aliphatic heterocycles. The topological polar surface area (TPSA) is 29.1 Å². The van der Waals surface area contributed by atoms with Gasteiger partial charge in [-0.05, 0) is 23.5 Å². The second-order valence-corrected chi connectivity index (χ2v) is 4.27. The second-order valence-electron chi connectivity index (χ2n) is 4.27. The fourth-order valence-corrected chi connectivity index (χ4v) is 1.93. The zero-order valence-corrected chi connectivity index (χ0v) is 8.63. The Hall–Kier alpha value is -1.31. The number of benzene rings is 1. The van der Waals surface area contributed by atoms with E-state index in [0.717, 1.165) is 17.7 Å². The van der Waals surface area contributed by atoms with Crippen LogP contribution in [0.15, 0.2) is 18.2 Å². The van der Waals surface area contributed by atoms with Crippen LogP contribution < -0.4 is 5.32 Å². The first-order chi connectivity index (χ1) is 6.66. The summed E-state index contributed by atoms with van der Waals surface area (Å²) in [4.78, 5) is 11.2. The van der Waals surface area contributed by atoms with Gasteiger partial charge in [0.25, 0.3) is 0 Å². The summed E-state index contributed by atoms with van der Waals surface area (Å²) in [5.41, 5.74) is 3.47. The highest BCUT2D eigenvalue weighted by molar-refractivity contribution is 6.00. The van der Waals surface area contributed by atoms with Crippen molar-refractivity contribution < 1.29 is 4.79 Å². The van der Waals surface area contributed by atoms with Gasteiger partial charge in [-0.2, -0.15) is 0 Å². The van der Waals surface area contributed by atoms with Crippen molar-refractivity contribution in [3.05, 3.63) is 29.3 Å². The Morgan fingerprint density at radius 3 is 2.93 bits per heavy atom. The molecule has 1 aromatic carbocycles. The van der Waals surface area contributed by atoms with Gasteiger partial charge in [-0.1, -0.05) is 32.0 Å². The summed E-state index contributed by atoms with van der Waals surface area (Å²) >= 11 is 0. The molecule has 0 bridgehead atoms.